The summed E-state index contributed by atoms with van der Waals surface area (Å²) in [4.78, 5) is 25.5. The van der Waals surface area contributed by atoms with E-state index in [1.54, 1.807) is 0 Å². The molecule has 0 saturated carbocycles. The van der Waals surface area contributed by atoms with Crippen molar-refractivity contribution in [2.24, 2.45) is 0 Å². The van der Waals surface area contributed by atoms with Gasteiger partial charge in [0.15, 0.2) is 5.78 Å². The van der Waals surface area contributed by atoms with Crippen molar-refractivity contribution in [3.05, 3.63) is 71.8 Å². The van der Waals surface area contributed by atoms with Gasteiger partial charge in [-0.2, -0.15) is 0 Å². The number of hydrogen-bond acceptors (Lipinski definition) is 3. The summed E-state index contributed by atoms with van der Waals surface area (Å²) in [6.07, 6.45) is -0.446. The summed E-state index contributed by atoms with van der Waals surface area (Å²) in [5, 5.41) is 0. The van der Waals surface area contributed by atoms with Crippen molar-refractivity contribution >= 4 is 11.9 Å². The largest absolute Gasteiger partial charge is 0.445 e. The van der Waals surface area contributed by atoms with E-state index >= 15 is 0 Å². The Morgan fingerprint density at radius 2 is 1.59 bits per heavy atom. The SMILES string of the molecule is CC(=O)C1C(c2ccccc2)N1C(=O)OCc1ccccc1. The second kappa shape index (κ2) is 6.02. The van der Waals surface area contributed by atoms with Gasteiger partial charge in [-0.3, -0.25) is 9.69 Å². The third kappa shape index (κ3) is 2.86. The normalized spacial score (nSPS) is 19.6. The Kier molecular flexibility index (Phi) is 3.92. The molecule has 4 nitrogen and oxygen atoms in total. The van der Waals surface area contributed by atoms with Crippen molar-refractivity contribution in [2.45, 2.75) is 25.6 Å². The van der Waals surface area contributed by atoms with E-state index in [1.165, 1.54) is 11.8 Å². The maximum Gasteiger partial charge on any atom is 0.411 e. The first kappa shape index (κ1) is 14.3. The van der Waals surface area contributed by atoms with Gasteiger partial charge in [0, 0.05) is 0 Å². The second-order valence-electron chi connectivity index (χ2n) is 5.36. The summed E-state index contributed by atoms with van der Waals surface area (Å²) in [5.41, 5.74) is 1.88. The molecule has 2 aromatic carbocycles. The lowest BCUT2D eigenvalue weighted by molar-refractivity contribution is -0.117. The number of benzene rings is 2. The van der Waals surface area contributed by atoms with Crippen LogP contribution in [-0.2, 0) is 16.1 Å². The zero-order valence-electron chi connectivity index (χ0n) is 12.3. The number of ketones is 1. The van der Waals surface area contributed by atoms with Crippen molar-refractivity contribution < 1.29 is 14.3 Å². The van der Waals surface area contributed by atoms with E-state index in [1.807, 2.05) is 60.7 Å². The van der Waals surface area contributed by atoms with Crippen LogP contribution in [0.15, 0.2) is 60.7 Å². The molecule has 0 bridgehead atoms. The summed E-state index contributed by atoms with van der Waals surface area (Å²) < 4.78 is 5.32. The van der Waals surface area contributed by atoms with Crippen LogP contribution in [0.1, 0.15) is 24.1 Å². The molecule has 22 heavy (non-hydrogen) atoms. The van der Waals surface area contributed by atoms with E-state index in [0.717, 1.165) is 11.1 Å². The molecule has 1 heterocycles. The van der Waals surface area contributed by atoms with Crippen LogP contribution < -0.4 is 0 Å². The van der Waals surface area contributed by atoms with Gasteiger partial charge in [0.05, 0.1) is 6.04 Å². The second-order valence-corrected chi connectivity index (χ2v) is 5.36. The predicted molar refractivity (Wildman–Crippen MR) is 82.1 cm³/mol. The molecular formula is C18H17NO3. The molecule has 0 radical (unpaired) electrons. The monoisotopic (exact) mass is 295 g/mol. The van der Waals surface area contributed by atoms with Gasteiger partial charge in [-0.1, -0.05) is 60.7 Å². The summed E-state index contributed by atoms with van der Waals surface area (Å²) in [5.74, 6) is -0.0227. The number of Topliss-reactive ketones (excluding diaryl/α,β-unsaturated/α-hetero) is 1. The van der Waals surface area contributed by atoms with Crippen LogP contribution in [0.25, 0.3) is 0 Å². The van der Waals surface area contributed by atoms with Gasteiger partial charge in [0.2, 0.25) is 0 Å². The molecule has 1 saturated heterocycles. The molecule has 3 rings (SSSR count). The fourth-order valence-corrected chi connectivity index (χ4v) is 2.66. The Morgan fingerprint density at radius 1 is 1.00 bits per heavy atom. The van der Waals surface area contributed by atoms with Gasteiger partial charge in [0.25, 0.3) is 0 Å². The quantitative estimate of drug-likeness (QED) is 0.813. The van der Waals surface area contributed by atoms with E-state index in [2.05, 4.69) is 0 Å². The summed E-state index contributed by atoms with van der Waals surface area (Å²) in [6.45, 7) is 1.72. The molecule has 1 aliphatic rings. The van der Waals surface area contributed by atoms with E-state index in [9.17, 15) is 9.59 Å². The minimum absolute atomic E-state index is 0.0227. The van der Waals surface area contributed by atoms with Crippen molar-refractivity contribution in [1.29, 1.82) is 0 Å². The summed E-state index contributed by atoms with van der Waals surface area (Å²) >= 11 is 0. The lowest BCUT2D eigenvalue weighted by Crippen LogP contribution is -2.18. The lowest BCUT2D eigenvalue weighted by Gasteiger charge is -2.07. The number of ether oxygens (including phenoxy) is 1. The Hall–Kier alpha value is -2.62. The first-order valence-electron chi connectivity index (χ1n) is 7.23. The van der Waals surface area contributed by atoms with E-state index in [-0.39, 0.29) is 18.4 Å². The van der Waals surface area contributed by atoms with Crippen molar-refractivity contribution in [2.75, 3.05) is 0 Å². The fraction of sp³-hybridized carbons (Fsp3) is 0.222. The molecule has 2 unspecified atom stereocenters. The molecule has 4 heteroatoms. The van der Waals surface area contributed by atoms with E-state index < -0.39 is 12.1 Å². The number of carbonyl (C=O) groups is 2. The Bertz CT molecular complexity index is 669. The highest BCUT2D eigenvalue weighted by Crippen LogP contribution is 2.44. The Labute approximate surface area is 129 Å². The molecule has 1 amide bonds. The van der Waals surface area contributed by atoms with Crippen LogP contribution in [0.3, 0.4) is 0 Å². The third-order valence-corrected chi connectivity index (χ3v) is 3.78. The van der Waals surface area contributed by atoms with Gasteiger partial charge in [0.1, 0.15) is 12.6 Å². The van der Waals surface area contributed by atoms with E-state index in [0.29, 0.717) is 0 Å². The minimum atomic E-state index is -0.446. The molecule has 2 aromatic rings. The Morgan fingerprint density at radius 3 is 2.18 bits per heavy atom. The number of carbonyl (C=O) groups excluding carboxylic acids is 2. The summed E-state index contributed by atoms with van der Waals surface area (Å²) in [6, 6.07) is 18.4. The number of nitrogens with zero attached hydrogens (tertiary/aromatic N) is 1. The fourth-order valence-electron chi connectivity index (χ4n) is 2.66. The predicted octanol–water partition coefficient (Wildman–Crippen LogP) is 3.34. The highest BCUT2D eigenvalue weighted by molar-refractivity contribution is 5.92. The molecule has 112 valence electrons. The van der Waals surface area contributed by atoms with Gasteiger partial charge in [-0.25, -0.2) is 4.79 Å². The minimum Gasteiger partial charge on any atom is -0.445 e. The van der Waals surface area contributed by atoms with Crippen LogP contribution in [0.5, 0.6) is 0 Å². The summed E-state index contributed by atoms with van der Waals surface area (Å²) in [7, 11) is 0. The molecule has 2 atom stereocenters. The first-order valence-corrected chi connectivity index (χ1v) is 7.23. The molecule has 0 aliphatic carbocycles. The zero-order valence-corrected chi connectivity index (χ0v) is 12.3. The average Bonchev–Trinajstić information content (AvgIpc) is 3.30. The van der Waals surface area contributed by atoms with Crippen LogP contribution in [0.4, 0.5) is 4.79 Å². The van der Waals surface area contributed by atoms with Crippen molar-refractivity contribution in [3.63, 3.8) is 0 Å². The third-order valence-electron chi connectivity index (χ3n) is 3.78. The number of amides is 1. The van der Waals surface area contributed by atoms with Crippen LogP contribution in [0.2, 0.25) is 0 Å². The van der Waals surface area contributed by atoms with Crippen molar-refractivity contribution in [3.8, 4) is 0 Å². The van der Waals surface area contributed by atoms with Crippen LogP contribution >= 0.6 is 0 Å². The van der Waals surface area contributed by atoms with Gasteiger partial charge >= 0.3 is 6.09 Å². The highest BCUT2D eigenvalue weighted by Gasteiger charge is 2.55. The first-order chi connectivity index (χ1) is 10.7. The zero-order chi connectivity index (χ0) is 15.5. The molecule has 1 fully saturated rings. The molecular weight excluding hydrogens is 278 g/mol. The standard InChI is InChI=1S/C18H17NO3/c1-13(20)16-17(15-10-6-3-7-11-15)19(16)18(21)22-12-14-8-4-2-5-9-14/h2-11,16-17H,12H2,1H3. The highest BCUT2D eigenvalue weighted by atomic mass is 16.6. The lowest BCUT2D eigenvalue weighted by atomic mass is 10.1. The Balaban J connectivity index is 1.68. The number of hydrogen-bond donors (Lipinski definition) is 0. The van der Waals surface area contributed by atoms with Gasteiger partial charge < -0.3 is 4.74 Å². The molecule has 0 spiro atoms. The molecule has 0 aromatic heterocycles. The average molecular weight is 295 g/mol. The molecule has 1 aliphatic heterocycles. The topological polar surface area (TPSA) is 46.4 Å². The maximum absolute atomic E-state index is 12.2. The van der Waals surface area contributed by atoms with Crippen LogP contribution in [-0.4, -0.2) is 22.8 Å². The van der Waals surface area contributed by atoms with Crippen LogP contribution in [0, 0.1) is 0 Å². The number of rotatable bonds is 4. The van der Waals surface area contributed by atoms with Gasteiger partial charge in [-0.05, 0) is 18.1 Å². The molecule has 0 N–H and O–H groups in total. The van der Waals surface area contributed by atoms with Crippen molar-refractivity contribution in [1.82, 2.24) is 4.90 Å². The van der Waals surface area contributed by atoms with E-state index in [4.69, 9.17) is 4.74 Å². The smallest absolute Gasteiger partial charge is 0.411 e. The van der Waals surface area contributed by atoms with Gasteiger partial charge in [-0.15, -0.1) is 0 Å². The maximum atomic E-state index is 12.2.